The Kier molecular flexibility index (Phi) is 9.28. The van der Waals surface area contributed by atoms with Crippen molar-refractivity contribution in [3.05, 3.63) is 152 Å². The van der Waals surface area contributed by atoms with E-state index in [1.54, 1.807) is 60.7 Å². The number of para-hydroxylation sites is 2. The summed E-state index contributed by atoms with van der Waals surface area (Å²) in [5.74, 6) is -3.11. The van der Waals surface area contributed by atoms with E-state index >= 15 is 0 Å². The number of halogens is 3. The first-order valence-electron chi connectivity index (χ1n) is 15.9. The number of aromatic nitrogens is 4. The first-order chi connectivity index (χ1) is 25.5. The van der Waals surface area contributed by atoms with Crippen molar-refractivity contribution in [3.63, 3.8) is 0 Å². The van der Waals surface area contributed by atoms with E-state index in [1.807, 2.05) is 0 Å². The monoisotopic (exact) mass is 726 g/mol. The maximum atomic E-state index is 14.0. The van der Waals surface area contributed by atoms with Crippen molar-refractivity contribution in [2.45, 2.75) is 30.7 Å². The van der Waals surface area contributed by atoms with E-state index in [4.69, 9.17) is 18.9 Å². The number of nitrogens with one attached hydrogen (secondary N) is 1. The molecule has 3 heterocycles. The number of hydrogen-bond acceptors (Lipinski definition) is 11. The number of esters is 3. The molecule has 0 bridgehead atoms. The van der Waals surface area contributed by atoms with Gasteiger partial charge in [0.05, 0.1) is 33.3 Å². The lowest BCUT2D eigenvalue weighted by Gasteiger charge is -2.25. The zero-order valence-corrected chi connectivity index (χ0v) is 27.1. The molecular weight excluding hydrogens is 701 g/mol. The minimum atomic E-state index is -4.81. The summed E-state index contributed by atoms with van der Waals surface area (Å²) >= 11 is 0. The van der Waals surface area contributed by atoms with Crippen LogP contribution in [0.5, 0.6) is 0 Å². The van der Waals surface area contributed by atoms with Crippen LogP contribution in [0.1, 0.15) is 42.9 Å². The average molecular weight is 727 g/mol. The van der Waals surface area contributed by atoms with Crippen LogP contribution in [-0.4, -0.2) is 62.3 Å². The number of carbonyl (C=O) groups is 3. The van der Waals surface area contributed by atoms with Gasteiger partial charge in [0.2, 0.25) is 0 Å². The van der Waals surface area contributed by atoms with E-state index in [2.05, 4.69) is 15.0 Å². The number of ether oxygens (including phenoxy) is 4. The summed E-state index contributed by atoms with van der Waals surface area (Å²) in [5.41, 5.74) is -3.49. The van der Waals surface area contributed by atoms with Crippen LogP contribution in [-0.2, 0) is 25.1 Å². The third kappa shape index (κ3) is 7.12. The molecule has 53 heavy (non-hydrogen) atoms. The van der Waals surface area contributed by atoms with E-state index in [-0.39, 0.29) is 22.3 Å². The van der Waals surface area contributed by atoms with Crippen molar-refractivity contribution in [1.29, 1.82) is 0 Å². The predicted molar refractivity (Wildman–Crippen MR) is 179 cm³/mol. The lowest BCUT2D eigenvalue weighted by Crippen LogP contribution is -2.46. The Hall–Kier alpha value is -6.68. The second kappa shape index (κ2) is 14.1. The fraction of sp³-hybridized carbons (Fsp3) is 0.162. The van der Waals surface area contributed by atoms with Gasteiger partial charge in [-0.2, -0.15) is 13.2 Å². The van der Waals surface area contributed by atoms with Crippen molar-refractivity contribution in [2.75, 3.05) is 6.61 Å². The molecule has 0 aliphatic carbocycles. The Balaban J connectivity index is 1.33. The Bertz CT molecular complexity index is 2470. The summed E-state index contributed by atoms with van der Waals surface area (Å²) in [4.78, 5) is 78.7. The van der Waals surface area contributed by atoms with E-state index in [9.17, 15) is 37.1 Å². The van der Waals surface area contributed by atoms with Crippen molar-refractivity contribution >= 4 is 40.1 Å². The molecule has 4 atom stereocenters. The molecule has 13 nitrogen and oxygen atoms in total. The standard InChI is InChI=1S/C37H25F3N4O9/c38-37(39,40)23-15-9-14-22(18-23)35(48)53-29-28(52-34(47)21-12-5-2-6-13-21)26(19-50-33(46)20-10-3-1-4-11-20)51-32(29)44-31(45)27-30(43-36(44)49)42-25-17-8-7-16-24(25)41-27/h1-18,26,28-29,32H,19H2,(H,42,43,49)/t26-,28-,29-,32-/m1/s1. The summed E-state index contributed by atoms with van der Waals surface area (Å²) < 4.78 is 64.3. The normalized spacial score (nSPS) is 18.5. The SMILES string of the molecule is O=C(OC[C@H]1O[C@@H](n2c(=O)[nH]c3nc4ccccc4nc3c2=O)[C@H](OC(=O)c2cccc(C(F)(F)F)c2)[C@@H]1OC(=O)c1ccccc1)c1ccccc1. The van der Waals surface area contributed by atoms with Crippen LogP contribution in [0.15, 0.2) is 119 Å². The van der Waals surface area contributed by atoms with Gasteiger partial charge in [0, 0.05) is 0 Å². The van der Waals surface area contributed by atoms with Crippen LogP contribution >= 0.6 is 0 Å². The Morgan fingerprint density at radius 2 is 1.28 bits per heavy atom. The summed E-state index contributed by atoms with van der Waals surface area (Å²) in [6, 6.07) is 25.3. The van der Waals surface area contributed by atoms with Crippen molar-refractivity contribution in [1.82, 2.24) is 19.5 Å². The average Bonchev–Trinajstić information content (AvgIpc) is 3.48. The van der Waals surface area contributed by atoms with E-state index < -0.39 is 77.6 Å². The number of benzene rings is 4. The lowest BCUT2D eigenvalue weighted by atomic mass is 10.1. The van der Waals surface area contributed by atoms with Crippen LogP contribution in [0.4, 0.5) is 13.2 Å². The van der Waals surface area contributed by atoms with Crippen LogP contribution in [0.25, 0.3) is 22.2 Å². The predicted octanol–water partition coefficient (Wildman–Crippen LogP) is 4.86. The zero-order valence-electron chi connectivity index (χ0n) is 27.1. The van der Waals surface area contributed by atoms with E-state index in [0.717, 1.165) is 18.2 Å². The molecule has 16 heteroatoms. The molecule has 0 saturated carbocycles. The molecule has 0 unspecified atom stereocenters. The first kappa shape index (κ1) is 34.8. The fourth-order valence-corrected chi connectivity index (χ4v) is 5.75. The molecule has 1 fully saturated rings. The van der Waals surface area contributed by atoms with Crippen LogP contribution in [0, 0.1) is 0 Å². The molecule has 2 aromatic heterocycles. The van der Waals surface area contributed by atoms with Gasteiger partial charge in [-0.1, -0.05) is 54.6 Å². The molecule has 1 N–H and O–H groups in total. The topological polar surface area (TPSA) is 169 Å². The molecule has 0 spiro atoms. The quantitative estimate of drug-likeness (QED) is 0.129. The van der Waals surface area contributed by atoms with Gasteiger partial charge < -0.3 is 18.9 Å². The molecule has 1 aliphatic rings. The van der Waals surface area contributed by atoms with Gasteiger partial charge in [0.15, 0.2) is 29.6 Å². The summed E-state index contributed by atoms with van der Waals surface area (Å²) in [6.07, 6.45) is -11.8. The van der Waals surface area contributed by atoms with Gasteiger partial charge in [0.25, 0.3) is 5.56 Å². The van der Waals surface area contributed by atoms with Crippen molar-refractivity contribution in [2.24, 2.45) is 0 Å². The first-order valence-corrected chi connectivity index (χ1v) is 15.9. The van der Waals surface area contributed by atoms with Crippen LogP contribution in [0.2, 0.25) is 0 Å². The van der Waals surface area contributed by atoms with Crippen molar-refractivity contribution < 1.29 is 46.5 Å². The molecule has 0 radical (unpaired) electrons. The zero-order chi connectivity index (χ0) is 37.3. The van der Waals surface area contributed by atoms with Gasteiger partial charge in [-0.3, -0.25) is 9.78 Å². The van der Waals surface area contributed by atoms with Gasteiger partial charge in [-0.15, -0.1) is 0 Å². The third-order valence-corrected chi connectivity index (χ3v) is 8.29. The minimum absolute atomic E-state index is 0.0433. The maximum Gasteiger partial charge on any atom is 0.416 e. The van der Waals surface area contributed by atoms with Gasteiger partial charge in [-0.05, 0) is 54.6 Å². The lowest BCUT2D eigenvalue weighted by molar-refractivity contribution is -0.137. The molecule has 1 aliphatic heterocycles. The highest BCUT2D eigenvalue weighted by atomic mass is 19.4. The largest absolute Gasteiger partial charge is 0.459 e. The number of rotatable bonds is 8. The summed E-state index contributed by atoms with van der Waals surface area (Å²) in [5, 5.41) is 0. The number of aromatic amines is 1. The van der Waals surface area contributed by atoms with Gasteiger partial charge in [0.1, 0.15) is 12.7 Å². The second-order valence-corrected chi connectivity index (χ2v) is 11.7. The minimum Gasteiger partial charge on any atom is -0.459 e. The third-order valence-electron chi connectivity index (χ3n) is 8.29. The number of alkyl halides is 3. The number of carbonyl (C=O) groups excluding carboxylic acids is 3. The van der Waals surface area contributed by atoms with E-state index in [1.165, 1.54) is 24.3 Å². The summed E-state index contributed by atoms with van der Waals surface area (Å²) in [7, 11) is 0. The highest BCUT2D eigenvalue weighted by molar-refractivity contribution is 5.91. The molecule has 0 amide bonds. The van der Waals surface area contributed by atoms with E-state index in [0.29, 0.717) is 21.7 Å². The Morgan fingerprint density at radius 1 is 0.717 bits per heavy atom. The molecule has 1 saturated heterocycles. The smallest absolute Gasteiger partial charge is 0.416 e. The van der Waals surface area contributed by atoms with Crippen LogP contribution in [0.3, 0.4) is 0 Å². The highest BCUT2D eigenvalue weighted by Gasteiger charge is 2.52. The van der Waals surface area contributed by atoms with Gasteiger partial charge in [-0.25, -0.2) is 33.7 Å². The fourth-order valence-electron chi connectivity index (χ4n) is 5.75. The number of nitrogens with zero attached hydrogens (tertiary/aromatic N) is 3. The number of hydrogen-bond donors (Lipinski definition) is 1. The number of fused-ring (bicyclic) bond motifs is 2. The summed E-state index contributed by atoms with van der Waals surface area (Å²) in [6.45, 7) is -0.654. The van der Waals surface area contributed by atoms with Crippen LogP contribution < -0.4 is 11.2 Å². The highest BCUT2D eigenvalue weighted by Crippen LogP contribution is 2.35. The Morgan fingerprint density at radius 3 is 1.94 bits per heavy atom. The molecule has 6 aromatic rings. The number of H-pyrrole nitrogens is 1. The second-order valence-electron chi connectivity index (χ2n) is 11.7. The Labute approximate surface area is 295 Å². The molecule has 7 rings (SSSR count). The molecular formula is C37H25F3N4O9. The van der Waals surface area contributed by atoms with Gasteiger partial charge >= 0.3 is 29.8 Å². The molecule has 268 valence electrons. The van der Waals surface area contributed by atoms with Crippen molar-refractivity contribution in [3.8, 4) is 0 Å². The maximum absolute atomic E-state index is 14.0. The molecule has 4 aromatic carbocycles.